The molecule has 0 bridgehead atoms. The van der Waals surface area contributed by atoms with E-state index in [2.05, 4.69) is 5.32 Å². The molecule has 2 atom stereocenters. The number of rotatable bonds is 1. The lowest BCUT2D eigenvalue weighted by Crippen LogP contribution is -2.21. The molecule has 1 fully saturated rings. The van der Waals surface area contributed by atoms with Crippen LogP contribution in [0, 0.1) is 0 Å². The minimum absolute atomic E-state index is 0.0150. The fourth-order valence-electron chi connectivity index (χ4n) is 1.80. The van der Waals surface area contributed by atoms with Crippen molar-refractivity contribution in [3.05, 3.63) is 29.8 Å². The number of hydrogen-bond donors (Lipinski definition) is 3. The summed E-state index contributed by atoms with van der Waals surface area (Å²) in [6.45, 7) is 0.861. The van der Waals surface area contributed by atoms with Crippen molar-refractivity contribution >= 4 is 5.69 Å². The van der Waals surface area contributed by atoms with Crippen molar-refractivity contribution < 1.29 is 5.11 Å². The van der Waals surface area contributed by atoms with E-state index in [1.54, 1.807) is 0 Å². The van der Waals surface area contributed by atoms with Crippen LogP contribution >= 0.6 is 0 Å². The predicted octanol–water partition coefficient (Wildman–Crippen LogP) is 0.664. The molecule has 13 heavy (non-hydrogen) atoms. The molecule has 0 radical (unpaired) electrons. The second kappa shape index (κ2) is 3.36. The largest absolute Gasteiger partial charge is 0.398 e. The number of para-hydroxylation sites is 1. The van der Waals surface area contributed by atoms with E-state index in [0.29, 0.717) is 0 Å². The molecule has 3 nitrogen and oxygen atoms in total. The highest BCUT2D eigenvalue weighted by molar-refractivity contribution is 5.48. The van der Waals surface area contributed by atoms with Gasteiger partial charge in [0.15, 0.2) is 0 Å². The molecule has 70 valence electrons. The van der Waals surface area contributed by atoms with E-state index in [9.17, 15) is 5.11 Å². The van der Waals surface area contributed by atoms with Crippen molar-refractivity contribution in [2.75, 3.05) is 12.3 Å². The Balaban J connectivity index is 2.29. The molecular weight excluding hydrogens is 164 g/mol. The van der Waals surface area contributed by atoms with Crippen molar-refractivity contribution in [3.63, 3.8) is 0 Å². The fraction of sp³-hybridized carbons (Fsp3) is 0.400. The van der Waals surface area contributed by atoms with E-state index in [1.165, 1.54) is 0 Å². The molecule has 1 saturated heterocycles. The van der Waals surface area contributed by atoms with E-state index in [0.717, 1.165) is 24.2 Å². The normalized spacial score (nSPS) is 27.8. The summed E-state index contributed by atoms with van der Waals surface area (Å²) in [6, 6.07) is 7.68. The Kier molecular flexibility index (Phi) is 2.20. The molecule has 0 aromatic heterocycles. The molecule has 4 N–H and O–H groups in total. The quantitative estimate of drug-likeness (QED) is 0.554. The van der Waals surface area contributed by atoms with Gasteiger partial charge in [0.25, 0.3) is 0 Å². The molecule has 0 unspecified atom stereocenters. The number of aliphatic hydroxyl groups is 1. The Bertz CT molecular complexity index is 301. The number of anilines is 1. The number of nitrogens with one attached hydrogen (secondary N) is 1. The van der Waals surface area contributed by atoms with Crippen LogP contribution < -0.4 is 11.1 Å². The summed E-state index contributed by atoms with van der Waals surface area (Å²) in [5, 5.41) is 12.9. The van der Waals surface area contributed by atoms with Crippen molar-refractivity contribution in [1.82, 2.24) is 5.32 Å². The van der Waals surface area contributed by atoms with E-state index < -0.39 is 0 Å². The topological polar surface area (TPSA) is 58.3 Å². The van der Waals surface area contributed by atoms with Crippen LogP contribution in [0.2, 0.25) is 0 Å². The monoisotopic (exact) mass is 178 g/mol. The van der Waals surface area contributed by atoms with Gasteiger partial charge in [-0.15, -0.1) is 0 Å². The Labute approximate surface area is 77.6 Å². The SMILES string of the molecule is Nc1ccccc1[C@H]1NCC[C@@H]1O. The summed E-state index contributed by atoms with van der Waals surface area (Å²) in [5.74, 6) is 0. The number of aliphatic hydroxyl groups excluding tert-OH is 1. The highest BCUT2D eigenvalue weighted by Gasteiger charge is 2.26. The van der Waals surface area contributed by atoms with Gasteiger partial charge in [0, 0.05) is 5.69 Å². The van der Waals surface area contributed by atoms with Gasteiger partial charge >= 0.3 is 0 Å². The van der Waals surface area contributed by atoms with Crippen molar-refractivity contribution in [3.8, 4) is 0 Å². The minimum Gasteiger partial charge on any atom is -0.398 e. The molecule has 0 saturated carbocycles. The third-order valence-corrected chi connectivity index (χ3v) is 2.52. The summed E-state index contributed by atoms with van der Waals surface area (Å²) in [4.78, 5) is 0. The van der Waals surface area contributed by atoms with Crippen LogP contribution in [-0.4, -0.2) is 17.8 Å². The molecule has 2 rings (SSSR count). The standard InChI is InChI=1S/C10H14N2O/c11-8-4-2-1-3-7(8)10-9(13)5-6-12-10/h1-4,9-10,12-13H,5-6,11H2/t9-,10+/m0/s1. The summed E-state index contributed by atoms with van der Waals surface area (Å²) in [5.41, 5.74) is 7.57. The zero-order valence-electron chi connectivity index (χ0n) is 7.40. The highest BCUT2D eigenvalue weighted by Crippen LogP contribution is 2.27. The van der Waals surface area contributed by atoms with Gasteiger partial charge in [-0.05, 0) is 24.6 Å². The molecule has 0 aliphatic carbocycles. The first kappa shape index (κ1) is 8.53. The van der Waals surface area contributed by atoms with Crippen molar-refractivity contribution in [2.45, 2.75) is 18.6 Å². The average molecular weight is 178 g/mol. The second-order valence-electron chi connectivity index (χ2n) is 3.42. The lowest BCUT2D eigenvalue weighted by atomic mass is 10.0. The van der Waals surface area contributed by atoms with Crippen molar-refractivity contribution in [2.24, 2.45) is 0 Å². The van der Waals surface area contributed by atoms with E-state index in [4.69, 9.17) is 5.73 Å². The number of nitrogens with two attached hydrogens (primary N) is 1. The van der Waals surface area contributed by atoms with E-state index in [1.807, 2.05) is 24.3 Å². The Morgan fingerprint density at radius 2 is 2.15 bits per heavy atom. The maximum atomic E-state index is 9.65. The van der Waals surface area contributed by atoms with Crippen LogP contribution in [0.15, 0.2) is 24.3 Å². The second-order valence-corrected chi connectivity index (χ2v) is 3.42. The van der Waals surface area contributed by atoms with Crippen LogP contribution in [0.4, 0.5) is 5.69 Å². The molecule has 1 aromatic carbocycles. The van der Waals surface area contributed by atoms with Gasteiger partial charge in [-0.3, -0.25) is 0 Å². The molecule has 0 spiro atoms. The van der Waals surface area contributed by atoms with Gasteiger partial charge < -0.3 is 16.2 Å². The number of hydrogen-bond acceptors (Lipinski definition) is 3. The third-order valence-electron chi connectivity index (χ3n) is 2.52. The molecule has 1 aliphatic rings. The summed E-state index contributed by atoms with van der Waals surface area (Å²) in [7, 11) is 0. The van der Waals surface area contributed by atoms with Crippen molar-refractivity contribution in [1.29, 1.82) is 0 Å². The summed E-state index contributed by atoms with van der Waals surface area (Å²) < 4.78 is 0. The number of nitrogen functional groups attached to an aromatic ring is 1. The van der Waals surface area contributed by atoms with Gasteiger partial charge in [0.2, 0.25) is 0 Å². The predicted molar refractivity (Wildman–Crippen MR) is 52.2 cm³/mol. The Hall–Kier alpha value is -1.06. The highest BCUT2D eigenvalue weighted by atomic mass is 16.3. The van der Waals surface area contributed by atoms with Gasteiger partial charge in [0.05, 0.1) is 12.1 Å². The smallest absolute Gasteiger partial charge is 0.0747 e. The molecule has 0 amide bonds. The zero-order chi connectivity index (χ0) is 9.26. The van der Waals surface area contributed by atoms with E-state index >= 15 is 0 Å². The molecule has 1 aliphatic heterocycles. The molecular formula is C10H14N2O. The van der Waals surface area contributed by atoms with E-state index in [-0.39, 0.29) is 12.1 Å². The fourth-order valence-corrected chi connectivity index (χ4v) is 1.80. The van der Waals surface area contributed by atoms with Gasteiger partial charge in [-0.2, -0.15) is 0 Å². The minimum atomic E-state index is -0.301. The maximum Gasteiger partial charge on any atom is 0.0747 e. The van der Waals surface area contributed by atoms with Gasteiger partial charge in [-0.25, -0.2) is 0 Å². The summed E-state index contributed by atoms with van der Waals surface area (Å²) in [6.07, 6.45) is 0.503. The zero-order valence-corrected chi connectivity index (χ0v) is 7.40. The lowest BCUT2D eigenvalue weighted by Gasteiger charge is -2.16. The lowest BCUT2D eigenvalue weighted by molar-refractivity contribution is 0.160. The third kappa shape index (κ3) is 1.53. The van der Waals surface area contributed by atoms with Crippen LogP contribution in [0.1, 0.15) is 18.0 Å². The number of benzene rings is 1. The van der Waals surface area contributed by atoms with Crippen LogP contribution in [-0.2, 0) is 0 Å². The molecule has 1 aromatic rings. The first-order valence-corrected chi connectivity index (χ1v) is 4.55. The Morgan fingerprint density at radius 1 is 1.38 bits per heavy atom. The van der Waals surface area contributed by atoms with Crippen LogP contribution in [0.3, 0.4) is 0 Å². The van der Waals surface area contributed by atoms with Crippen LogP contribution in [0.5, 0.6) is 0 Å². The molecule has 1 heterocycles. The van der Waals surface area contributed by atoms with Crippen LogP contribution in [0.25, 0.3) is 0 Å². The Morgan fingerprint density at radius 3 is 2.77 bits per heavy atom. The summed E-state index contributed by atoms with van der Waals surface area (Å²) >= 11 is 0. The maximum absolute atomic E-state index is 9.65. The first-order chi connectivity index (χ1) is 6.29. The first-order valence-electron chi connectivity index (χ1n) is 4.55. The average Bonchev–Trinajstić information content (AvgIpc) is 2.52. The van der Waals surface area contributed by atoms with Gasteiger partial charge in [0.1, 0.15) is 0 Å². The van der Waals surface area contributed by atoms with Gasteiger partial charge in [-0.1, -0.05) is 18.2 Å². The molecule has 3 heteroatoms.